The highest BCUT2D eigenvalue weighted by Crippen LogP contribution is 2.23. The van der Waals surface area contributed by atoms with Crippen molar-refractivity contribution in [1.82, 2.24) is 10.2 Å². The summed E-state index contributed by atoms with van der Waals surface area (Å²) in [6.07, 6.45) is 0. The van der Waals surface area contributed by atoms with Gasteiger partial charge in [0.15, 0.2) is 11.5 Å². The molecular weight excluding hydrogens is 324 g/mol. The number of amides is 1. The summed E-state index contributed by atoms with van der Waals surface area (Å²) in [5, 5.41) is 14.4. The molecule has 0 aliphatic rings. The standard InChI is InChI=1S/C18H15ClN4O/c1-12-5-4-6-13(11-12)20-18(24)16-9-10-17(23-22-16)21-15-8-3-2-7-14(15)19/h2-11H,1H3,(H,20,24)(H,21,23). The zero-order valence-electron chi connectivity index (χ0n) is 13.0. The lowest BCUT2D eigenvalue weighted by Crippen LogP contribution is -2.14. The molecule has 6 heteroatoms. The van der Waals surface area contributed by atoms with Gasteiger partial charge < -0.3 is 10.6 Å². The van der Waals surface area contributed by atoms with E-state index in [1.165, 1.54) is 0 Å². The second kappa shape index (κ2) is 7.10. The highest BCUT2D eigenvalue weighted by Gasteiger charge is 2.09. The van der Waals surface area contributed by atoms with Gasteiger partial charge in [-0.15, -0.1) is 10.2 Å². The lowest BCUT2D eigenvalue weighted by molar-refractivity contribution is 0.102. The van der Waals surface area contributed by atoms with Crippen molar-refractivity contribution < 1.29 is 4.79 Å². The van der Waals surface area contributed by atoms with E-state index in [0.717, 1.165) is 16.9 Å². The van der Waals surface area contributed by atoms with Gasteiger partial charge >= 0.3 is 0 Å². The first-order valence-electron chi connectivity index (χ1n) is 7.35. The zero-order chi connectivity index (χ0) is 16.9. The molecule has 1 aromatic heterocycles. The molecule has 120 valence electrons. The van der Waals surface area contributed by atoms with Crippen molar-refractivity contribution in [2.75, 3.05) is 10.6 Å². The van der Waals surface area contributed by atoms with E-state index in [0.29, 0.717) is 10.8 Å². The minimum absolute atomic E-state index is 0.237. The van der Waals surface area contributed by atoms with Gasteiger partial charge in [0.2, 0.25) is 0 Å². The lowest BCUT2D eigenvalue weighted by Gasteiger charge is -2.08. The van der Waals surface area contributed by atoms with Crippen LogP contribution in [0.2, 0.25) is 5.02 Å². The number of nitrogens with one attached hydrogen (secondary N) is 2. The van der Waals surface area contributed by atoms with Crippen molar-refractivity contribution in [2.45, 2.75) is 6.92 Å². The Bertz CT molecular complexity index is 865. The molecule has 0 atom stereocenters. The van der Waals surface area contributed by atoms with Crippen LogP contribution in [0.15, 0.2) is 60.7 Å². The molecule has 1 amide bonds. The van der Waals surface area contributed by atoms with Gasteiger partial charge in [-0.3, -0.25) is 4.79 Å². The molecule has 0 aliphatic heterocycles. The third kappa shape index (κ3) is 3.88. The highest BCUT2D eigenvalue weighted by atomic mass is 35.5. The van der Waals surface area contributed by atoms with Crippen LogP contribution in [0.5, 0.6) is 0 Å². The number of hydrogen-bond donors (Lipinski definition) is 2. The molecule has 0 saturated carbocycles. The molecule has 0 bridgehead atoms. The second-order valence-electron chi connectivity index (χ2n) is 5.23. The second-order valence-corrected chi connectivity index (χ2v) is 5.64. The van der Waals surface area contributed by atoms with Crippen LogP contribution in [0.25, 0.3) is 0 Å². The summed E-state index contributed by atoms with van der Waals surface area (Å²) >= 11 is 6.08. The van der Waals surface area contributed by atoms with Gasteiger partial charge in [-0.2, -0.15) is 0 Å². The van der Waals surface area contributed by atoms with Gasteiger partial charge in [0, 0.05) is 5.69 Å². The average molecular weight is 339 g/mol. The Morgan fingerprint density at radius 2 is 1.83 bits per heavy atom. The smallest absolute Gasteiger partial charge is 0.276 e. The molecular formula is C18H15ClN4O. The number of carbonyl (C=O) groups is 1. The first kappa shape index (κ1) is 16.0. The molecule has 2 aromatic carbocycles. The number of hydrogen-bond acceptors (Lipinski definition) is 4. The Labute approximate surface area is 144 Å². The number of benzene rings is 2. The highest BCUT2D eigenvalue weighted by molar-refractivity contribution is 6.33. The van der Waals surface area contributed by atoms with Crippen LogP contribution in [0.1, 0.15) is 16.1 Å². The Morgan fingerprint density at radius 1 is 1.00 bits per heavy atom. The third-order valence-electron chi connectivity index (χ3n) is 3.31. The number of halogens is 1. The Hall–Kier alpha value is -2.92. The summed E-state index contributed by atoms with van der Waals surface area (Å²) in [6, 6.07) is 18.2. The fourth-order valence-electron chi connectivity index (χ4n) is 2.14. The first-order valence-corrected chi connectivity index (χ1v) is 7.73. The van der Waals surface area contributed by atoms with Crippen molar-refractivity contribution in [2.24, 2.45) is 0 Å². The van der Waals surface area contributed by atoms with Crippen LogP contribution in [-0.2, 0) is 0 Å². The Kier molecular flexibility index (Phi) is 4.72. The SMILES string of the molecule is Cc1cccc(NC(=O)c2ccc(Nc3ccccc3Cl)nn2)c1. The lowest BCUT2D eigenvalue weighted by atomic mass is 10.2. The van der Waals surface area contributed by atoms with Gasteiger partial charge in [0.25, 0.3) is 5.91 Å². The van der Waals surface area contributed by atoms with Gasteiger partial charge in [-0.05, 0) is 48.9 Å². The Morgan fingerprint density at radius 3 is 2.54 bits per heavy atom. The molecule has 3 aromatic rings. The summed E-state index contributed by atoms with van der Waals surface area (Å²) in [6.45, 7) is 1.96. The van der Waals surface area contributed by atoms with E-state index in [-0.39, 0.29) is 11.6 Å². The quantitative estimate of drug-likeness (QED) is 0.738. The van der Waals surface area contributed by atoms with Crippen LogP contribution in [-0.4, -0.2) is 16.1 Å². The fraction of sp³-hybridized carbons (Fsp3) is 0.0556. The molecule has 0 unspecified atom stereocenters. The number of carbonyl (C=O) groups excluding carboxylic acids is 1. The summed E-state index contributed by atoms with van der Waals surface area (Å²) < 4.78 is 0. The molecule has 0 saturated heterocycles. The zero-order valence-corrected chi connectivity index (χ0v) is 13.7. The number of nitrogens with zero attached hydrogens (tertiary/aromatic N) is 2. The predicted octanol–water partition coefficient (Wildman–Crippen LogP) is 4.43. The van der Waals surface area contributed by atoms with Gasteiger partial charge in [0.1, 0.15) is 0 Å². The fourth-order valence-corrected chi connectivity index (χ4v) is 2.32. The molecule has 0 aliphatic carbocycles. The largest absolute Gasteiger partial charge is 0.338 e. The van der Waals surface area contributed by atoms with E-state index < -0.39 is 0 Å². The van der Waals surface area contributed by atoms with Crippen molar-refractivity contribution in [1.29, 1.82) is 0 Å². The summed E-state index contributed by atoms with van der Waals surface area (Å²) in [5.74, 6) is 0.201. The molecule has 5 nitrogen and oxygen atoms in total. The van der Waals surface area contributed by atoms with E-state index in [4.69, 9.17) is 11.6 Å². The van der Waals surface area contributed by atoms with Gasteiger partial charge in [-0.1, -0.05) is 35.9 Å². The first-order chi connectivity index (χ1) is 11.6. The number of para-hydroxylation sites is 1. The topological polar surface area (TPSA) is 66.9 Å². The molecule has 0 radical (unpaired) electrons. The van der Waals surface area contributed by atoms with E-state index >= 15 is 0 Å². The Balaban J connectivity index is 1.70. The normalized spacial score (nSPS) is 10.2. The van der Waals surface area contributed by atoms with Crippen LogP contribution in [0, 0.1) is 6.92 Å². The van der Waals surface area contributed by atoms with Gasteiger partial charge in [-0.25, -0.2) is 0 Å². The number of aryl methyl sites for hydroxylation is 1. The van der Waals surface area contributed by atoms with Crippen LogP contribution in [0.4, 0.5) is 17.2 Å². The molecule has 0 spiro atoms. The van der Waals surface area contributed by atoms with Crippen molar-refractivity contribution in [3.8, 4) is 0 Å². The summed E-state index contributed by atoms with van der Waals surface area (Å²) in [7, 11) is 0. The van der Waals surface area contributed by atoms with E-state index in [1.807, 2.05) is 49.4 Å². The van der Waals surface area contributed by atoms with E-state index in [1.54, 1.807) is 18.2 Å². The monoisotopic (exact) mass is 338 g/mol. The predicted molar refractivity (Wildman–Crippen MR) is 95.9 cm³/mol. The molecule has 0 fully saturated rings. The van der Waals surface area contributed by atoms with Crippen molar-refractivity contribution >= 4 is 34.7 Å². The van der Waals surface area contributed by atoms with Crippen LogP contribution < -0.4 is 10.6 Å². The minimum atomic E-state index is -0.308. The number of anilines is 3. The maximum Gasteiger partial charge on any atom is 0.276 e. The van der Waals surface area contributed by atoms with E-state index in [9.17, 15) is 4.79 Å². The molecule has 3 rings (SSSR count). The number of aromatic nitrogens is 2. The van der Waals surface area contributed by atoms with Crippen LogP contribution >= 0.6 is 11.6 Å². The average Bonchev–Trinajstić information content (AvgIpc) is 2.57. The maximum absolute atomic E-state index is 12.2. The summed E-state index contributed by atoms with van der Waals surface area (Å²) in [4.78, 5) is 12.2. The molecule has 24 heavy (non-hydrogen) atoms. The molecule has 2 N–H and O–H groups in total. The summed E-state index contributed by atoms with van der Waals surface area (Å²) in [5.41, 5.74) is 2.75. The van der Waals surface area contributed by atoms with Crippen molar-refractivity contribution in [3.05, 3.63) is 76.9 Å². The maximum atomic E-state index is 12.2. The van der Waals surface area contributed by atoms with E-state index in [2.05, 4.69) is 20.8 Å². The third-order valence-corrected chi connectivity index (χ3v) is 3.64. The molecule has 1 heterocycles. The van der Waals surface area contributed by atoms with Crippen molar-refractivity contribution in [3.63, 3.8) is 0 Å². The van der Waals surface area contributed by atoms with Crippen LogP contribution in [0.3, 0.4) is 0 Å². The minimum Gasteiger partial charge on any atom is -0.338 e. The van der Waals surface area contributed by atoms with Gasteiger partial charge in [0.05, 0.1) is 10.7 Å². The number of rotatable bonds is 4.